The fourth-order valence-corrected chi connectivity index (χ4v) is 2.40. The van der Waals surface area contributed by atoms with E-state index < -0.39 is 18.7 Å². The molecule has 2 rings (SSSR count). The van der Waals surface area contributed by atoms with Crippen molar-refractivity contribution in [3.63, 3.8) is 0 Å². The first-order valence-corrected chi connectivity index (χ1v) is 6.60. The summed E-state index contributed by atoms with van der Waals surface area (Å²) in [5.41, 5.74) is 1.28. The minimum absolute atomic E-state index is 0.173. The van der Waals surface area contributed by atoms with Crippen LogP contribution in [0, 0.1) is 0 Å². The van der Waals surface area contributed by atoms with Crippen molar-refractivity contribution in [2.45, 2.75) is 12.2 Å². The molecule has 4 nitrogen and oxygen atoms in total. The van der Waals surface area contributed by atoms with Crippen LogP contribution in [0.15, 0.2) is 24.3 Å². The largest absolute Gasteiger partial charge is 0.465 e. The van der Waals surface area contributed by atoms with E-state index in [2.05, 4.69) is 10.1 Å². The molecule has 1 saturated heterocycles. The monoisotopic (exact) mass is 302 g/mol. The third-order valence-corrected chi connectivity index (χ3v) is 3.40. The summed E-state index contributed by atoms with van der Waals surface area (Å²) in [5.74, 6) is -0.433. The van der Waals surface area contributed by atoms with E-state index in [0.29, 0.717) is 18.7 Å². The molecule has 116 valence electrons. The Hall–Kier alpha value is -1.60. The van der Waals surface area contributed by atoms with E-state index in [-0.39, 0.29) is 12.6 Å². The van der Waals surface area contributed by atoms with Gasteiger partial charge in [0, 0.05) is 25.7 Å². The van der Waals surface area contributed by atoms with Crippen molar-refractivity contribution in [2.24, 2.45) is 0 Å². The van der Waals surface area contributed by atoms with Gasteiger partial charge in [-0.3, -0.25) is 4.90 Å². The molecule has 0 spiro atoms. The number of carbonyl (C=O) groups is 1. The van der Waals surface area contributed by atoms with E-state index >= 15 is 0 Å². The lowest BCUT2D eigenvalue weighted by Crippen LogP contribution is -2.48. The van der Waals surface area contributed by atoms with Gasteiger partial charge >= 0.3 is 12.1 Å². The van der Waals surface area contributed by atoms with E-state index in [4.69, 9.17) is 0 Å². The molecule has 1 aromatic carbocycles. The highest BCUT2D eigenvalue weighted by Crippen LogP contribution is 2.22. The molecule has 1 aliphatic rings. The summed E-state index contributed by atoms with van der Waals surface area (Å²) in [6.07, 6.45) is -4.18. The standard InChI is InChI=1S/C14H17F3N2O2/c1-21-13(20)11-4-2-10(3-5-11)12-8-19(7-6-18-12)9-14(15,16)17/h2-5,12,18H,6-9H2,1H3. The van der Waals surface area contributed by atoms with Crippen molar-refractivity contribution in [1.29, 1.82) is 0 Å². The molecule has 0 bridgehead atoms. The van der Waals surface area contributed by atoms with Gasteiger partial charge in [-0.2, -0.15) is 13.2 Å². The number of piperazine rings is 1. The second kappa shape index (κ2) is 6.44. The van der Waals surface area contributed by atoms with Crippen molar-refractivity contribution < 1.29 is 22.7 Å². The Bertz CT molecular complexity index is 488. The van der Waals surface area contributed by atoms with Crippen LogP contribution in [-0.2, 0) is 4.74 Å². The summed E-state index contributed by atoms with van der Waals surface area (Å²) in [7, 11) is 1.30. The Morgan fingerprint density at radius 3 is 2.62 bits per heavy atom. The number of ether oxygens (including phenoxy) is 1. The Kier molecular flexibility index (Phi) is 4.84. The highest BCUT2D eigenvalue weighted by molar-refractivity contribution is 5.89. The number of nitrogens with one attached hydrogen (secondary N) is 1. The van der Waals surface area contributed by atoms with Crippen LogP contribution in [0.25, 0.3) is 0 Å². The normalized spacial score (nSPS) is 20.3. The van der Waals surface area contributed by atoms with Crippen molar-refractivity contribution in [2.75, 3.05) is 33.3 Å². The van der Waals surface area contributed by atoms with Crippen LogP contribution in [0.4, 0.5) is 13.2 Å². The van der Waals surface area contributed by atoms with Gasteiger partial charge in [-0.05, 0) is 17.7 Å². The molecule has 0 radical (unpaired) electrons. The lowest BCUT2D eigenvalue weighted by atomic mass is 10.0. The third kappa shape index (κ3) is 4.44. The van der Waals surface area contributed by atoms with Crippen molar-refractivity contribution in [3.8, 4) is 0 Å². The molecule has 0 aliphatic carbocycles. The Morgan fingerprint density at radius 2 is 2.05 bits per heavy atom. The minimum Gasteiger partial charge on any atom is -0.465 e. The van der Waals surface area contributed by atoms with E-state index in [1.165, 1.54) is 12.0 Å². The van der Waals surface area contributed by atoms with Crippen LogP contribution in [-0.4, -0.2) is 50.3 Å². The van der Waals surface area contributed by atoms with E-state index in [1.807, 2.05) is 0 Å². The van der Waals surface area contributed by atoms with Gasteiger partial charge in [0.15, 0.2) is 0 Å². The molecule has 7 heteroatoms. The summed E-state index contributed by atoms with van der Waals surface area (Å²) in [4.78, 5) is 12.7. The summed E-state index contributed by atoms with van der Waals surface area (Å²) in [6.45, 7) is 0.262. The number of benzene rings is 1. The molecule has 21 heavy (non-hydrogen) atoms. The Balaban J connectivity index is 2.02. The molecule has 1 fully saturated rings. The SMILES string of the molecule is COC(=O)c1ccc(C2CN(CC(F)(F)F)CCN2)cc1. The van der Waals surface area contributed by atoms with Gasteiger partial charge in [-0.15, -0.1) is 0 Å². The number of esters is 1. The first kappa shape index (κ1) is 15.8. The molecule has 0 aromatic heterocycles. The van der Waals surface area contributed by atoms with E-state index in [1.54, 1.807) is 24.3 Å². The van der Waals surface area contributed by atoms with E-state index in [9.17, 15) is 18.0 Å². The van der Waals surface area contributed by atoms with Crippen molar-refractivity contribution in [3.05, 3.63) is 35.4 Å². The molecular formula is C14H17F3N2O2. The summed E-state index contributed by atoms with van der Waals surface area (Å²) < 4.78 is 41.9. The van der Waals surface area contributed by atoms with Gasteiger partial charge < -0.3 is 10.1 Å². The number of alkyl halides is 3. The quantitative estimate of drug-likeness (QED) is 0.867. The van der Waals surface area contributed by atoms with Gasteiger partial charge in [0.1, 0.15) is 0 Å². The summed E-state index contributed by atoms with van der Waals surface area (Å²) in [5, 5.41) is 3.19. The lowest BCUT2D eigenvalue weighted by Gasteiger charge is -2.34. The van der Waals surface area contributed by atoms with Gasteiger partial charge in [0.05, 0.1) is 19.2 Å². The van der Waals surface area contributed by atoms with Crippen LogP contribution >= 0.6 is 0 Å². The Morgan fingerprint density at radius 1 is 1.38 bits per heavy atom. The zero-order valence-corrected chi connectivity index (χ0v) is 11.6. The van der Waals surface area contributed by atoms with Gasteiger partial charge in [-0.1, -0.05) is 12.1 Å². The van der Waals surface area contributed by atoms with Crippen molar-refractivity contribution in [1.82, 2.24) is 10.2 Å². The van der Waals surface area contributed by atoms with Gasteiger partial charge in [0.2, 0.25) is 0 Å². The van der Waals surface area contributed by atoms with Crippen molar-refractivity contribution >= 4 is 5.97 Å². The van der Waals surface area contributed by atoms with E-state index in [0.717, 1.165) is 5.56 Å². The molecular weight excluding hydrogens is 285 g/mol. The molecule has 1 atom stereocenters. The zero-order valence-electron chi connectivity index (χ0n) is 11.6. The average molecular weight is 302 g/mol. The van der Waals surface area contributed by atoms with Gasteiger partial charge in [-0.25, -0.2) is 4.79 Å². The maximum atomic E-state index is 12.4. The third-order valence-electron chi connectivity index (χ3n) is 3.40. The second-order valence-corrected chi connectivity index (χ2v) is 4.97. The maximum absolute atomic E-state index is 12.4. The smallest absolute Gasteiger partial charge is 0.401 e. The molecule has 1 N–H and O–H groups in total. The number of carbonyl (C=O) groups excluding carboxylic acids is 1. The predicted octanol–water partition coefficient (Wildman–Crippen LogP) is 1.98. The number of rotatable bonds is 3. The maximum Gasteiger partial charge on any atom is 0.401 e. The number of hydrogen-bond acceptors (Lipinski definition) is 4. The highest BCUT2D eigenvalue weighted by Gasteiger charge is 2.33. The minimum atomic E-state index is -4.18. The second-order valence-electron chi connectivity index (χ2n) is 4.97. The molecule has 0 saturated carbocycles. The average Bonchev–Trinajstić information content (AvgIpc) is 2.45. The van der Waals surface area contributed by atoms with Crippen LogP contribution in [0.3, 0.4) is 0 Å². The van der Waals surface area contributed by atoms with Crippen LogP contribution in [0.2, 0.25) is 0 Å². The first-order valence-electron chi connectivity index (χ1n) is 6.60. The predicted molar refractivity (Wildman–Crippen MR) is 71.0 cm³/mol. The van der Waals surface area contributed by atoms with Crippen LogP contribution in [0.1, 0.15) is 22.0 Å². The number of nitrogens with zero attached hydrogens (tertiary/aromatic N) is 1. The lowest BCUT2D eigenvalue weighted by molar-refractivity contribution is -0.148. The zero-order chi connectivity index (χ0) is 15.5. The van der Waals surface area contributed by atoms with Crippen LogP contribution < -0.4 is 5.32 Å². The number of halogens is 3. The fraction of sp³-hybridized carbons (Fsp3) is 0.500. The molecule has 1 unspecified atom stereocenters. The molecule has 1 heterocycles. The summed E-state index contributed by atoms with van der Waals surface area (Å²) in [6, 6.07) is 6.53. The van der Waals surface area contributed by atoms with Crippen LogP contribution in [0.5, 0.6) is 0 Å². The number of methoxy groups -OCH3 is 1. The summed E-state index contributed by atoms with van der Waals surface area (Å²) >= 11 is 0. The fourth-order valence-electron chi connectivity index (χ4n) is 2.40. The first-order chi connectivity index (χ1) is 9.89. The Labute approximate surface area is 120 Å². The molecule has 0 amide bonds. The topological polar surface area (TPSA) is 41.6 Å². The number of hydrogen-bond donors (Lipinski definition) is 1. The molecule has 1 aliphatic heterocycles. The van der Waals surface area contributed by atoms with Gasteiger partial charge in [0.25, 0.3) is 0 Å². The highest BCUT2D eigenvalue weighted by atomic mass is 19.4. The molecule has 1 aromatic rings.